The van der Waals surface area contributed by atoms with Gasteiger partial charge >= 0.3 is 0 Å². The fraction of sp³-hybridized carbons (Fsp3) is 0.0196. The third-order valence-electron chi connectivity index (χ3n) is 10.8. The van der Waals surface area contributed by atoms with Crippen LogP contribution in [0, 0.1) is 0 Å². The van der Waals surface area contributed by atoms with Crippen molar-refractivity contribution in [2.24, 2.45) is 9.98 Å². The minimum atomic E-state index is -0.310. The molecule has 10 aromatic rings. The Morgan fingerprint density at radius 1 is 0.464 bits per heavy atom. The number of aliphatic imine (C=N–C) groups is 2. The molecule has 1 aliphatic rings. The highest BCUT2D eigenvalue weighted by Gasteiger charge is 2.22. The molecule has 0 amide bonds. The van der Waals surface area contributed by atoms with E-state index in [-0.39, 0.29) is 6.17 Å². The van der Waals surface area contributed by atoms with Gasteiger partial charge in [-0.15, -0.1) is 11.3 Å². The van der Waals surface area contributed by atoms with Crippen molar-refractivity contribution in [3.63, 3.8) is 0 Å². The number of benzene rings is 8. The Bertz CT molecular complexity index is 3160. The number of thiophene rings is 1. The molecule has 1 unspecified atom stereocenters. The number of hydrogen-bond acceptors (Lipinski definition) is 4. The summed E-state index contributed by atoms with van der Waals surface area (Å²) in [6, 6.07) is 69.3. The lowest BCUT2D eigenvalue weighted by atomic mass is 9.93. The van der Waals surface area contributed by atoms with Crippen molar-refractivity contribution < 1.29 is 0 Å². The van der Waals surface area contributed by atoms with Gasteiger partial charge in [-0.25, -0.2) is 9.98 Å². The van der Waals surface area contributed by atoms with Gasteiger partial charge in [0, 0.05) is 47.8 Å². The largest absolute Gasteiger partial charge is 0.344 e. The summed E-state index contributed by atoms with van der Waals surface area (Å²) in [4.78, 5) is 10.2. The standard InChI is InChI=1S/C51H34N4S/c1-4-15-33(16-5-1)49-52-50(34-17-6-2-7-18-34)54-51(53-49)37-20-14-19-35(29-37)38-31-42(48-41-24-11-13-26-46(41)56-47(48)32-38)36-27-28-45-43(30-36)40-23-10-12-25-44(40)55(45)39-21-8-3-9-22-39/h1-32,51H,(H,52,53,54). The van der Waals surface area contributed by atoms with Crippen molar-refractivity contribution in [1.29, 1.82) is 0 Å². The van der Waals surface area contributed by atoms with Gasteiger partial charge in [0.15, 0.2) is 5.84 Å². The van der Waals surface area contributed by atoms with E-state index in [0.717, 1.165) is 39.6 Å². The van der Waals surface area contributed by atoms with Gasteiger partial charge in [0.1, 0.15) is 12.0 Å². The average molecular weight is 735 g/mol. The van der Waals surface area contributed by atoms with Gasteiger partial charge in [-0.3, -0.25) is 0 Å². The molecule has 0 fully saturated rings. The fourth-order valence-corrected chi connectivity index (χ4v) is 9.38. The van der Waals surface area contributed by atoms with Gasteiger partial charge in [-0.2, -0.15) is 0 Å². The molecule has 0 saturated heterocycles. The molecule has 3 heterocycles. The van der Waals surface area contributed by atoms with Gasteiger partial charge in [-0.1, -0.05) is 140 Å². The van der Waals surface area contributed by atoms with Gasteiger partial charge in [-0.05, 0) is 82.4 Å². The van der Waals surface area contributed by atoms with Crippen LogP contribution < -0.4 is 5.32 Å². The third kappa shape index (κ3) is 5.52. The lowest BCUT2D eigenvalue weighted by molar-refractivity contribution is 0.674. The SMILES string of the molecule is c1ccc(C2=NC(c3cccc(-c4cc(-c5ccc6c(c5)c5ccccc5n6-c5ccccc5)c5c(c4)sc4ccccc45)c3)NC(c3ccccc3)=N2)cc1. The number of amidine groups is 2. The molecule has 1 atom stereocenters. The lowest BCUT2D eigenvalue weighted by Crippen LogP contribution is -2.33. The van der Waals surface area contributed by atoms with E-state index in [1.807, 2.05) is 47.7 Å². The quantitative estimate of drug-likeness (QED) is 0.182. The Morgan fingerprint density at radius 2 is 1.14 bits per heavy atom. The smallest absolute Gasteiger partial charge is 0.159 e. The highest BCUT2D eigenvalue weighted by atomic mass is 32.1. The number of aromatic nitrogens is 1. The molecule has 8 aromatic carbocycles. The second-order valence-electron chi connectivity index (χ2n) is 14.2. The van der Waals surface area contributed by atoms with E-state index in [1.54, 1.807) is 0 Å². The summed E-state index contributed by atoms with van der Waals surface area (Å²) in [5.74, 6) is 1.53. The van der Waals surface area contributed by atoms with E-state index < -0.39 is 0 Å². The molecule has 0 aliphatic carbocycles. The summed E-state index contributed by atoms with van der Waals surface area (Å²) in [7, 11) is 0. The average Bonchev–Trinajstić information content (AvgIpc) is 3.82. The van der Waals surface area contributed by atoms with Crippen LogP contribution in [-0.4, -0.2) is 16.2 Å². The number of para-hydroxylation sites is 2. The second kappa shape index (κ2) is 13.3. The number of hydrogen-bond donors (Lipinski definition) is 1. The Kier molecular flexibility index (Phi) is 7.71. The topological polar surface area (TPSA) is 41.7 Å². The van der Waals surface area contributed by atoms with E-state index in [4.69, 9.17) is 9.98 Å². The summed E-state index contributed by atoms with van der Waals surface area (Å²) in [5, 5.41) is 8.73. The second-order valence-corrected chi connectivity index (χ2v) is 15.3. The van der Waals surface area contributed by atoms with Crippen molar-refractivity contribution >= 4 is 65.0 Å². The predicted octanol–water partition coefficient (Wildman–Crippen LogP) is 13.0. The van der Waals surface area contributed by atoms with Gasteiger partial charge in [0.05, 0.1) is 11.0 Å². The first-order chi connectivity index (χ1) is 27.7. The van der Waals surface area contributed by atoms with Crippen LogP contribution in [0.2, 0.25) is 0 Å². The molecule has 5 heteroatoms. The summed E-state index contributed by atoms with van der Waals surface area (Å²) >= 11 is 1.86. The normalized spacial score (nSPS) is 14.2. The van der Waals surface area contributed by atoms with Crippen LogP contribution in [0.15, 0.2) is 204 Å². The molecule has 2 aromatic heterocycles. The van der Waals surface area contributed by atoms with Crippen molar-refractivity contribution in [1.82, 2.24) is 9.88 Å². The molecule has 1 N–H and O–H groups in total. The van der Waals surface area contributed by atoms with Crippen LogP contribution in [0.5, 0.6) is 0 Å². The first kappa shape index (κ1) is 32.4. The van der Waals surface area contributed by atoms with Crippen molar-refractivity contribution in [3.05, 3.63) is 211 Å². The minimum Gasteiger partial charge on any atom is -0.344 e. The molecule has 0 saturated carbocycles. The van der Waals surface area contributed by atoms with Crippen molar-refractivity contribution in [2.45, 2.75) is 6.17 Å². The minimum absolute atomic E-state index is 0.310. The highest BCUT2D eigenvalue weighted by Crippen LogP contribution is 2.44. The Balaban J connectivity index is 1.07. The number of nitrogens with one attached hydrogen (secondary N) is 1. The van der Waals surface area contributed by atoms with Crippen LogP contribution in [0.4, 0.5) is 0 Å². The lowest BCUT2D eigenvalue weighted by Gasteiger charge is -2.24. The van der Waals surface area contributed by atoms with Crippen LogP contribution in [0.1, 0.15) is 22.9 Å². The van der Waals surface area contributed by atoms with Gasteiger partial charge in [0.25, 0.3) is 0 Å². The maximum Gasteiger partial charge on any atom is 0.159 e. The predicted molar refractivity (Wildman–Crippen MR) is 236 cm³/mol. The van der Waals surface area contributed by atoms with Crippen LogP contribution in [-0.2, 0) is 0 Å². The highest BCUT2D eigenvalue weighted by molar-refractivity contribution is 7.26. The Labute approximate surface area is 328 Å². The van der Waals surface area contributed by atoms with E-state index in [1.165, 1.54) is 58.7 Å². The summed E-state index contributed by atoms with van der Waals surface area (Å²) in [6.45, 7) is 0. The summed E-state index contributed by atoms with van der Waals surface area (Å²) < 4.78 is 4.94. The monoisotopic (exact) mass is 734 g/mol. The molecule has 11 rings (SSSR count). The van der Waals surface area contributed by atoms with E-state index in [9.17, 15) is 0 Å². The van der Waals surface area contributed by atoms with E-state index in [2.05, 4.69) is 168 Å². The molecule has 56 heavy (non-hydrogen) atoms. The number of nitrogens with zero attached hydrogens (tertiary/aromatic N) is 3. The summed E-state index contributed by atoms with van der Waals surface area (Å²) in [5.41, 5.74) is 11.4. The zero-order valence-electron chi connectivity index (χ0n) is 30.3. The fourth-order valence-electron chi connectivity index (χ4n) is 8.21. The number of fused-ring (bicyclic) bond motifs is 6. The zero-order chi connectivity index (χ0) is 37.0. The third-order valence-corrected chi connectivity index (χ3v) is 12.0. The van der Waals surface area contributed by atoms with Crippen molar-refractivity contribution in [2.75, 3.05) is 0 Å². The van der Waals surface area contributed by atoms with E-state index >= 15 is 0 Å². The number of rotatable bonds is 6. The Morgan fingerprint density at radius 3 is 1.96 bits per heavy atom. The molecular weight excluding hydrogens is 701 g/mol. The van der Waals surface area contributed by atoms with Gasteiger partial charge in [0.2, 0.25) is 0 Å². The molecule has 0 spiro atoms. The van der Waals surface area contributed by atoms with E-state index in [0.29, 0.717) is 0 Å². The van der Waals surface area contributed by atoms with Crippen molar-refractivity contribution in [3.8, 4) is 27.9 Å². The molecule has 264 valence electrons. The maximum atomic E-state index is 5.17. The molecule has 0 bridgehead atoms. The summed E-state index contributed by atoms with van der Waals surface area (Å²) in [6.07, 6.45) is -0.310. The first-order valence-electron chi connectivity index (χ1n) is 18.9. The van der Waals surface area contributed by atoms with Crippen LogP contribution in [0.25, 0.3) is 69.9 Å². The molecule has 4 nitrogen and oxygen atoms in total. The molecule has 1 aliphatic heterocycles. The molecule has 0 radical (unpaired) electrons. The Hall–Kier alpha value is -7.08. The van der Waals surface area contributed by atoms with Crippen LogP contribution >= 0.6 is 11.3 Å². The van der Waals surface area contributed by atoms with Crippen LogP contribution in [0.3, 0.4) is 0 Å². The first-order valence-corrected chi connectivity index (χ1v) is 19.8. The maximum absolute atomic E-state index is 5.17. The van der Waals surface area contributed by atoms with Gasteiger partial charge < -0.3 is 9.88 Å². The molecular formula is C51H34N4S. The zero-order valence-corrected chi connectivity index (χ0v) is 31.1.